The average Bonchev–Trinajstić information content (AvgIpc) is 2.70. The van der Waals surface area contributed by atoms with Gasteiger partial charge in [0.15, 0.2) is 6.10 Å². The second-order valence-corrected chi connectivity index (χ2v) is 4.54. The van der Waals surface area contributed by atoms with Crippen molar-refractivity contribution in [1.29, 1.82) is 0 Å². The van der Waals surface area contributed by atoms with E-state index < -0.39 is 0 Å². The van der Waals surface area contributed by atoms with Crippen LogP contribution in [0, 0.1) is 0 Å². The van der Waals surface area contributed by atoms with Gasteiger partial charge in [0.05, 0.1) is 17.3 Å². The molecule has 1 aromatic carbocycles. The highest BCUT2D eigenvalue weighted by Crippen LogP contribution is 2.25. The Hall–Kier alpha value is -0.580. The van der Waals surface area contributed by atoms with E-state index in [1.807, 2.05) is 12.1 Å². The molecule has 0 saturated carbocycles. The first-order chi connectivity index (χ1) is 7.20. The summed E-state index contributed by atoms with van der Waals surface area (Å²) >= 11 is 9.23. The first kappa shape index (κ1) is 10.9. The van der Waals surface area contributed by atoms with Crippen LogP contribution < -0.4 is 0 Å². The van der Waals surface area contributed by atoms with Crippen LogP contribution in [-0.4, -0.2) is 23.5 Å². The smallest absolute Gasteiger partial charge is 0.156 e. The lowest BCUT2D eigenvalue weighted by atomic mass is 10.1. The number of oxime groups is 1. The van der Waals surface area contributed by atoms with Gasteiger partial charge in [0.1, 0.15) is 0 Å². The molecule has 0 radical (unpaired) electrons. The monoisotopic (exact) mass is 289 g/mol. The van der Waals surface area contributed by atoms with E-state index in [9.17, 15) is 0 Å². The number of hydrogen-bond donors (Lipinski definition) is 1. The van der Waals surface area contributed by atoms with E-state index >= 15 is 0 Å². The molecule has 1 aliphatic rings. The number of halogens is 2. The summed E-state index contributed by atoms with van der Waals surface area (Å²) in [5.41, 5.74) is 1.80. The number of rotatable bonds is 2. The van der Waals surface area contributed by atoms with E-state index in [2.05, 4.69) is 21.1 Å². The van der Waals surface area contributed by atoms with Crippen molar-refractivity contribution in [1.82, 2.24) is 0 Å². The predicted octanol–water partition coefficient (Wildman–Crippen LogP) is 2.59. The highest BCUT2D eigenvalue weighted by molar-refractivity contribution is 9.10. The molecule has 1 aromatic rings. The van der Waals surface area contributed by atoms with Gasteiger partial charge in [-0.05, 0) is 28.1 Å². The van der Waals surface area contributed by atoms with Gasteiger partial charge in [-0.15, -0.1) is 0 Å². The summed E-state index contributed by atoms with van der Waals surface area (Å²) in [5, 5.41) is 13.5. The van der Waals surface area contributed by atoms with E-state index in [1.54, 1.807) is 6.07 Å². The Morgan fingerprint density at radius 1 is 1.60 bits per heavy atom. The third-order valence-corrected chi connectivity index (χ3v) is 3.40. The summed E-state index contributed by atoms with van der Waals surface area (Å²) in [6, 6.07) is 5.58. The Morgan fingerprint density at radius 2 is 2.40 bits per heavy atom. The summed E-state index contributed by atoms with van der Waals surface area (Å²) in [6.07, 6.45) is 0.416. The van der Waals surface area contributed by atoms with Gasteiger partial charge in [-0.3, -0.25) is 0 Å². The van der Waals surface area contributed by atoms with Crippen molar-refractivity contribution in [3.63, 3.8) is 0 Å². The number of nitrogens with zero attached hydrogens (tertiary/aromatic N) is 1. The molecule has 80 valence electrons. The average molecular weight is 291 g/mol. The lowest BCUT2D eigenvalue weighted by Crippen LogP contribution is -2.12. The molecule has 0 saturated heterocycles. The Bertz CT molecular complexity index is 408. The molecule has 5 heteroatoms. The maximum absolute atomic E-state index is 8.90. The van der Waals surface area contributed by atoms with Crippen LogP contribution >= 0.6 is 27.5 Å². The fourth-order valence-electron chi connectivity index (χ4n) is 1.37. The lowest BCUT2D eigenvalue weighted by molar-refractivity contribution is 0.0390. The predicted molar refractivity (Wildman–Crippen MR) is 62.3 cm³/mol. The van der Waals surface area contributed by atoms with Crippen LogP contribution in [0.3, 0.4) is 0 Å². The molecule has 1 atom stereocenters. The summed E-state index contributed by atoms with van der Waals surface area (Å²) in [4.78, 5) is 5.03. The van der Waals surface area contributed by atoms with Crippen LogP contribution in [0.25, 0.3) is 0 Å². The van der Waals surface area contributed by atoms with E-state index in [-0.39, 0.29) is 12.7 Å². The minimum atomic E-state index is -0.213. The van der Waals surface area contributed by atoms with Crippen molar-refractivity contribution < 1.29 is 9.94 Å². The lowest BCUT2D eigenvalue weighted by Gasteiger charge is -2.02. The molecule has 0 aliphatic carbocycles. The van der Waals surface area contributed by atoms with Crippen molar-refractivity contribution >= 4 is 33.2 Å². The summed E-state index contributed by atoms with van der Waals surface area (Å²) in [5.74, 6) is 0. The fraction of sp³-hybridized carbons (Fsp3) is 0.300. The summed E-state index contributed by atoms with van der Waals surface area (Å²) < 4.78 is 0.830. The van der Waals surface area contributed by atoms with Gasteiger partial charge >= 0.3 is 0 Å². The van der Waals surface area contributed by atoms with Crippen LogP contribution in [0.2, 0.25) is 5.02 Å². The van der Waals surface area contributed by atoms with Gasteiger partial charge in [-0.2, -0.15) is 0 Å². The number of benzene rings is 1. The molecule has 2 rings (SSSR count). The SMILES string of the molecule is OCC1CC(c2ccc(Cl)c(Br)c2)=NO1. The topological polar surface area (TPSA) is 41.8 Å². The number of aliphatic hydroxyl groups is 1. The van der Waals surface area contributed by atoms with Crippen molar-refractivity contribution in [2.45, 2.75) is 12.5 Å². The van der Waals surface area contributed by atoms with Crippen LogP contribution in [0.5, 0.6) is 0 Å². The zero-order valence-corrected chi connectivity index (χ0v) is 10.1. The maximum Gasteiger partial charge on any atom is 0.156 e. The summed E-state index contributed by atoms with van der Waals surface area (Å²) in [6.45, 7) is -0.0121. The summed E-state index contributed by atoms with van der Waals surface area (Å²) in [7, 11) is 0. The van der Waals surface area contributed by atoms with Crippen molar-refractivity contribution in [2.24, 2.45) is 5.16 Å². The van der Waals surface area contributed by atoms with Gasteiger partial charge in [-0.1, -0.05) is 22.8 Å². The zero-order chi connectivity index (χ0) is 10.8. The van der Waals surface area contributed by atoms with Crippen LogP contribution in [-0.2, 0) is 4.84 Å². The Labute approximate surface area is 101 Å². The molecular formula is C10H9BrClNO2. The molecule has 15 heavy (non-hydrogen) atoms. The highest BCUT2D eigenvalue weighted by Gasteiger charge is 2.21. The van der Waals surface area contributed by atoms with Crippen molar-refractivity contribution in [2.75, 3.05) is 6.61 Å². The van der Waals surface area contributed by atoms with Gasteiger partial charge in [0.25, 0.3) is 0 Å². The van der Waals surface area contributed by atoms with E-state index in [4.69, 9.17) is 21.5 Å². The van der Waals surface area contributed by atoms with Gasteiger partial charge in [0.2, 0.25) is 0 Å². The van der Waals surface area contributed by atoms with Crippen LogP contribution in [0.4, 0.5) is 0 Å². The van der Waals surface area contributed by atoms with Gasteiger partial charge < -0.3 is 9.94 Å². The largest absolute Gasteiger partial charge is 0.392 e. The normalized spacial score (nSPS) is 19.9. The molecule has 3 nitrogen and oxygen atoms in total. The molecule has 1 unspecified atom stereocenters. The molecule has 1 heterocycles. The second-order valence-electron chi connectivity index (χ2n) is 3.28. The zero-order valence-electron chi connectivity index (χ0n) is 7.78. The van der Waals surface area contributed by atoms with E-state index in [0.717, 1.165) is 15.7 Å². The minimum Gasteiger partial charge on any atom is -0.392 e. The minimum absolute atomic E-state index is 0.0121. The first-order valence-corrected chi connectivity index (χ1v) is 5.67. The molecule has 0 bridgehead atoms. The molecule has 0 fully saturated rings. The van der Waals surface area contributed by atoms with Crippen LogP contribution in [0.15, 0.2) is 27.8 Å². The number of aliphatic hydroxyl groups excluding tert-OH is 1. The molecule has 1 aliphatic heterocycles. The Morgan fingerprint density at radius 3 is 3.00 bits per heavy atom. The fourth-order valence-corrected chi connectivity index (χ4v) is 1.87. The maximum atomic E-state index is 8.90. The van der Waals surface area contributed by atoms with E-state index in [0.29, 0.717) is 11.4 Å². The third-order valence-electron chi connectivity index (χ3n) is 2.19. The quantitative estimate of drug-likeness (QED) is 0.909. The molecule has 0 spiro atoms. The standard InChI is InChI=1S/C10H9BrClNO2/c11-8-3-6(1-2-9(8)12)10-4-7(5-14)15-13-10/h1-3,7,14H,4-5H2. The Balaban J connectivity index is 2.21. The van der Waals surface area contributed by atoms with Gasteiger partial charge in [-0.25, -0.2) is 0 Å². The molecule has 0 aromatic heterocycles. The van der Waals surface area contributed by atoms with Gasteiger partial charge in [0, 0.05) is 16.5 Å². The molecule has 0 amide bonds. The van der Waals surface area contributed by atoms with Crippen LogP contribution in [0.1, 0.15) is 12.0 Å². The van der Waals surface area contributed by atoms with Crippen molar-refractivity contribution in [3.05, 3.63) is 33.3 Å². The Kier molecular flexibility index (Phi) is 3.29. The third kappa shape index (κ3) is 2.33. The first-order valence-electron chi connectivity index (χ1n) is 4.49. The highest BCUT2D eigenvalue weighted by atomic mass is 79.9. The molecular weight excluding hydrogens is 281 g/mol. The van der Waals surface area contributed by atoms with Crippen molar-refractivity contribution in [3.8, 4) is 0 Å². The van der Waals surface area contributed by atoms with E-state index in [1.165, 1.54) is 0 Å². The molecule has 1 N–H and O–H groups in total. The second kappa shape index (κ2) is 4.51. The number of hydrogen-bond acceptors (Lipinski definition) is 3.